The smallest absolute Gasteiger partial charge is 0.277 e. The zero-order valence-electron chi connectivity index (χ0n) is 10.1. The van der Waals surface area contributed by atoms with Crippen molar-refractivity contribution in [1.29, 1.82) is 0 Å². The molecule has 1 saturated carbocycles. The van der Waals surface area contributed by atoms with E-state index < -0.39 is 17.4 Å². The van der Waals surface area contributed by atoms with Gasteiger partial charge in [0.25, 0.3) is 0 Å². The van der Waals surface area contributed by atoms with Crippen LogP contribution in [0, 0.1) is 5.41 Å². The maximum atomic E-state index is 12.2. The van der Waals surface area contributed by atoms with E-state index in [1.807, 2.05) is 11.8 Å². The van der Waals surface area contributed by atoms with Crippen LogP contribution in [0.2, 0.25) is 0 Å². The van der Waals surface area contributed by atoms with Gasteiger partial charge in [0.05, 0.1) is 0 Å². The number of carbonyl (C=O) groups excluding carboxylic acids is 3. The third-order valence-electron chi connectivity index (χ3n) is 3.96. The molecule has 1 unspecified atom stereocenters. The Morgan fingerprint density at radius 2 is 2.06 bits per heavy atom. The number of hydrogen-bond acceptors (Lipinski definition) is 4. The number of rotatable bonds is 2. The van der Waals surface area contributed by atoms with Gasteiger partial charge in [-0.2, -0.15) is 11.8 Å². The Morgan fingerprint density at radius 3 is 2.67 bits per heavy atom. The Bertz CT molecular complexity index is 414. The van der Waals surface area contributed by atoms with Crippen LogP contribution in [-0.2, 0) is 9.59 Å². The summed E-state index contributed by atoms with van der Waals surface area (Å²) in [5, 5.41) is 2.65. The lowest BCUT2D eigenvalue weighted by molar-refractivity contribution is -0.144. The molecule has 4 amide bonds. The highest BCUT2D eigenvalue weighted by molar-refractivity contribution is 7.99. The van der Waals surface area contributed by atoms with Crippen LogP contribution in [0.5, 0.6) is 0 Å². The van der Waals surface area contributed by atoms with E-state index in [-0.39, 0.29) is 5.91 Å². The lowest BCUT2D eigenvalue weighted by atomic mass is 10.0. The van der Waals surface area contributed by atoms with Crippen molar-refractivity contribution in [1.82, 2.24) is 10.2 Å². The minimum atomic E-state index is -0.896. The van der Waals surface area contributed by atoms with Gasteiger partial charge in [0.2, 0.25) is 11.8 Å². The number of nitrogens with one attached hydrogen (secondary N) is 1. The van der Waals surface area contributed by atoms with E-state index in [4.69, 9.17) is 0 Å². The first-order chi connectivity index (χ1) is 8.63. The van der Waals surface area contributed by atoms with Gasteiger partial charge in [0.1, 0.15) is 5.41 Å². The molecule has 0 bridgehead atoms. The van der Waals surface area contributed by atoms with Crippen LogP contribution in [0.25, 0.3) is 0 Å². The van der Waals surface area contributed by atoms with E-state index >= 15 is 0 Å². The fraction of sp³-hybridized carbons (Fsp3) is 0.750. The summed E-state index contributed by atoms with van der Waals surface area (Å²) in [6, 6.07) is -0.534. The molecule has 98 valence electrons. The van der Waals surface area contributed by atoms with E-state index in [9.17, 15) is 14.4 Å². The number of thioether (sulfide) groups is 1. The fourth-order valence-electron chi connectivity index (χ4n) is 2.62. The molecule has 0 aromatic heterocycles. The summed E-state index contributed by atoms with van der Waals surface area (Å²) in [5.74, 6) is 0.422. The zero-order valence-corrected chi connectivity index (χ0v) is 10.9. The summed E-state index contributed by atoms with van der Waals surface area (Å²) in [6.45, 7) is 0.449. The Hall–Kier alpha value is -1.04. The van der Waals surface area contributed by atoms with E-state index in [0.29, 0.717) is 24.6 Å². The summed E-state index contributed by atoms with van der Waals surface area (Å²) in [6.07, 6.45) is 4.58. The molecular weight excluding hydrogens is 252 g/mol. The molecule has 0 aromatic carbocycles. The molecule has 1 N–H and O–H groups in total. The monoisotopic (exact) mass is 268 g/mol. The van der Waals surface area contributed by atoms with E-state index in [1.165, 1.54) is 11.3 Å². The van der Waals surface area contributed by atoms with Crippen molar-refractivity contribution in [3.05, 3.63) is 0 Å². The van der Waals surface area contributed by atoms with Gasteiger partial charge in [-0.15, -0.1) is 0 Å². The average molecular weight is 268 g/mol. The quantitative estimate of drug-likeness (QED) is 0.762. The van der Waals surface area contributed by atoms with Crippen LogP contribution in [0.1, 0.15) is 32.1 Å². The van der Waals surface area contributed by atoms with Crippen molar-refractivity contribution in [2.24, 2.45) is 5.41 Å². The minimum absolute atomic E-state index is 0.276. The molecule has 6 heteroatoms. The molecule has 2 heterocycles. The SMILES string of the molecule is O=C1NC(=O)C2(CC2)C(=O)N1CC1CCCCS1. The summed E-state index contributed by atoms with van der Waals surface area (Å²) < 4.78 is 0. The number of imide groups is 2. The highest BCUT2D eigenvalue weighted by Crippen LogP contribution is 2.49. The first-order valence-electron chi connectivity index (χ1n) is 6.42. The van der Waals surface area contributed by atoms with E-state index in [2.05, 4.69) is 5.32 Å². The topological polar surface area (TPSA) is 66.5 Å². The number of carbonyl (C=O) groups is 3. The summed E-state index contributed by atoms with van der Waals surface area (Å²) in [5.41, 5.74) is -0.896. The molecule has 1 aliphatic carbocycles. The second kappa shape index (κ2) is 4.26. The van der Waals surface area contributed by atoms with Gasteiger partial charge in [-0.05, 0) is 31.4 Å². The van der Waals surface area contributed by atoms with Gasteiger partial charge in [-0.3, -0.25) is 19.8 Å². The van der Waals surface area contributed by atoms with Crippen LogP contribution in [-0.4, -0.2) is 40.3 Å². The van der Waals surface area contributed by atoms with Gasteiger partial charge in [-0.1, -0.05) is 6.42 Å². The molecular formula is C12H16N2O3S. The van der Waals surface area contributed by atoms with Crippen LogP contribution in [0.4, 0.5) is 4.79 Å². The largest absolute Gasteiger partial charge is 0.330 e. The Balaban J connectivity index is 1.72. The average Bonchev–Trinajstić information content (AvgIpc) is 3.16. The maximum Gasteiger partial charge on any atom is 0.330 e. The highest BCUT2D eigenvalue weighted by Gasteiger charge is 2.62. The van der Waals surface area contributed by atoms with Crippen molar-refractivity contribution < 1.29 is 14.4 Å². The van der Waals surface area contributed by atoms with Gasteiger partial charge >= 0.3 is 6.03 Å². The zero-order chi connectivity index (χ0) is 12.8. The first-order valence-corrected chi connectivity index (χ1v) is 7.47. The van der Waals surface area contributed by atoms with E-state index in [0.717, 1.165) is 18.6 Å². The van der Waals surface area contributed by atoms with Crippen molar-refractivity contribution in [2.75, 3.05) is 12.3 Å². The standard InChI is InChI=1S/C12H16N2O3S/c15-9-12(4-5-12)10(16)14(11(17)13-9)7-8-3-1-2-6-18-8/h8H,1-7H2,(H,13,15,17). The predicted octanol–water partition coefficient (Wildman–Crippen LogP) is 1.13. The number of nitrogens with zero attached hydrogens (tertiary/aromatic N) is 1. The lowest BCUT2D eigenvalue weighted by Crippen LogP contribution is -2.60. The number of amides is 4. The third-order valence-corrected chi connectivity index (χ3v) is 5.35. The van der Waals surface area contributed by atoms with Crippen molar-refractivity contribution in [3.8, 4) is 0 Å². The maximum absolute atomic E-state index is 12.2. The molecule has 2 aliphatic heterocycles. The summed E-state index contributed by atoms with van der Waals surface area (Å²) in [7, 11) is 0. The van der Waals surface area contributed by atoms with Crippen LogP contribution in [0.3, 0.4) is 0 Å². The van der Waals surface area contributed by atoms with Gasteiger partial charge < -0.3 is 0 Å². The summed E-state index contributed by atoms with van der Waals surface area (Å²) in [4.78, 5) is 36.9. The van der Waals surface area contributed by atoms with Gasteiger partial charge in [0, 0.05) is 11.8 Å². The van der Waals surface area contributed by atoms with Crippen molar-refractivity contribution >= 4 is 29.6 Å². The first kappa shape index (κ1) is 12.0. The fourth-order valence-corrected chi connectivity index (χ4v) is 3.91. The van der Waals surface area contributed by atoms with Crippen molar-refractivity contribution in [3.63, 3.8) is 0 Å². The molecule has 5 nitrogen and oxygen atoms in total. The van der Waals surface area contributed by atoms with Gasteiger partial charge in [0.15, 0.2) is 0 Å². The molecule has 1 atom stereocenters. The number of hydrogen-bond donors (Lipinski definition) is 1. The molecule has 3 aliphatic rings. The third kappa shape index (κ3) is 1.83. The van der Waals surface area contributed by atoms with Crippen LogP contribution >= 0.6 is 11.8 Å². The van der Waals surface area contributed by atoms with Crippen molar-refractivity contribution in [2.45, 2.75) is 37.4 Å². The molecule has 0 radical (unpaired) electrons. The number of barbiturate groups is 1. The number of urea groups is 1. The van der Waals surface area contributed by atoms with E-state index in [1.54, 1.807) is 0 Å². The Labute approximate surface area is 110 Å². The van der Waals surface area contributed by atoms with Crippen LogP contribution < -0.4 is 5.32 Å². The molecule has 18 heavy (non-hydrogen) atoms. The lowest BCUT2D eigenvalue weighted by Gasteiger charge is -2.33. The molecule has 0 aromatic rings. The molecule has 1 spiro atoms. The molecule has 3 rings (SSSR count). The minimum Gasteiger partial charge on any atom is -0.277 e. The Morgan fingerprint density at radius 1 is 1.28 bits per heavy atom. The second-order valence-electron chi connectivity index (χ2n) is 5.25. The summed E-state index contributed by atoms with van der Waals surface area (Å²) >= 11 is 1.82. The van der Waals surface area contributed by atoms with Gasteiger partial charge in [-0.25, -0.2) is 4.79 Å². The molecule has 2 saturated heterocycles. The predicted molar refractivity (Wildman–Crippen MR) is 67.0 cm³/mol. The Kier molecular flexibility index (Phi) is 2.84. The highest BCUT2D eigenvalue weighted by atomic mass is 32.2. The second-order valence-corrected chi connectivity index (χ2v) is 6.65. The molecule has 3 fully saturated rings. The van der Waals surface area contributed by atoms with Crippen LogP contribution in [0.15, 0.2) is 0 Å². The normalized spacial score (nSPS) is 30.6.